The van der Waals surface area contributed by atoms with Crippen LogP contribution in [0.4, 0.5) is 0 Å². The van der Waals surface area contributed by atoms with Gasteiger partial charge in [0.1, 0.15) is 0 Å². The van der Waals surface area contributed by atoms with E-state index >= 15 is 0 Å². The van der Waals surface area contributed by atoms with Gasteiger partial charge in [-0.3, -0.25) is 4.79 Å². The van der Waals surface area contributed by atoms with E-state index in [4.69, 9.17) is 0 Å². The summed E-state index contributed by atoms with van der Waals surface area (Å²) in [6.07, 6.45) is 4.38. The summed E-state index contributed by atoms with van der Waals surface area (Å²) >= 11 is 0. The summed E-state index contributed by atoms with van der Waals surface area (Å²) in [4.78, 5) is 14.0. The molecule has 5 heteroatoms. The Morgan fingerprint density at radius 2 is 2.00 bits per heavy atom. The molecule has 0 bridgehead atoms. The number of amides is 1. The molecule has 122 valence electrons. The third kappa shape index (κ3) is 4.94. The molecule has 0 radical (unpaired) electrons. The van der Waals surface area contributed by atoms with Crippen LogP contribution < -0.4 is 10.6 Å². The van der Waals surface area contributed by atoms with Crippen molar-refractivity contribution in [1.29, 1.82) is 0 Å². The van der Waals surface area contributed by atoms with Crippen LogP contribution in [-0.2, 0) is 4.79 Å². The number of aliphatic hydroxyl groups is 1. The predicted octanol–water partition coefficient (Wildman–Crippen LogP) is 0.869. The van der Waals surface area contributed by atoms with Gasteiger partial charge in [0.25, 0.3) is 0 Å². The van der Waals surface area contributed by atoms with Gasteiger partial charge in [-0.2, -0.15) is 0 Å². The highest BCUT2D eigenvalue weighted by Gasteiger charge is 2.34. The largest absolute Gasteiger partial charge is 0.389 e. The summed E-state index contributed by atoms with van der Waals surface area (Å²) in [5, 5.41) is 16.8. The molecular formula is C16H31N3O2. The molecule has 1 aliphatic carbocycles. The molecule has 1 amide bonds. The average Bonchev–Trinajstić information content (AvgIpc) is 2.34. The van der Waals surface area contributed by atoms with E-state index in [9.17, 15) is 9.90 Å². The Labute approximate surface area is 128 Å². The highest BCUT2D eigenvalue weighted by molar-refractivity contribution is 5.77. The molecule has 2 rings (SSSR count). The molecule has 1 saturated carbocycles. The first-order valence-electron chi connectivity index (χ1n) is 8.37. The van der Waals surface area contributed by atoms with Crippen molar-refractivity contribution < 1.29 is 9.90 Å². The number of carbonyl (C=O) groups is 1. The number of nitrogens with one attached hydrogen (secondary N) is 2. The summed E-state index contributed by atoms with van der Waals surface area (Å²) in [5.41, 5.74) is -0.481. The van der Waals surface area contributed by atoms with Crippen LogP contribution in [0.5, 0.6) is 0 Å². The monoisotopic (exact) mass is 297 g/mol. The predicted molar refractivity (Wildman–Crippen MR) is 84.1 cm³/mol. The fourth-order valence-corrected chi connectivity index (χ4v) is 2.99. The van der Waals surface area contributed by atoms with Crippen LogP contribution in [0.25, 0.3) is 0 Å². The molecule has 0 aromatic carbocycles. The first-order valence-corrected chi connectivity index (χ1v) is 8.37. The normalized spacial score (nSPS) is 22.8. The van der Waals surface area contributed by atoms with Gasteiger partial charge in [0.2, 0.25) is 5.91 Å². The zero-order valence-electron chi connectivity index (χ0n) is 13.7. The lowest BCUT2D eigenvalue weighted by atomic mass is 9.80. The Morgan fingerprint density at radius 1 is 1.33 bits per heavy atom. The second-order valence-electron chi connectivity index (χ2n) is 7.22. The molecule has 2 fully saturated rings. The molecule has 1 aliphatic heterocycles. The van der Waals surface area contributed by atoms with Crippen molar-refractivity contribution in [3.05, 3.63) is 0 Å². The minimum absolute atomic E-state index is 0.257. The number of likely N-dealkylation sites (tertiary alicyclic amines) is 1. The number of hydrogen-bond acceptors (Lipinski definition) is 4. The summed E-state index contributed by atoms with van der Waals surface area (Å²) in [6.45, 7) is 8.71. The van der Waals surface area contributed by atoms with Gasteiger partial charge in [0.05, 0.1) is 5.60 Å². The number of nitrogens with zero attached hydrogens (tertiary/aromatic N) is 1. The summed E-state index contributed by atoms with van der Waals surface area (Å²) < 4.78 is 0. The first kappa shape index (κ1) is 16.7. The molecule has 3 N–H and O–H groups in total. The van der Waals surface area contributed by atoms with E-state index < -0.39 is 5.60 Å². The van der Waals surface area contributed by atoms with Gasteiger partial charge in [-0.05, 0) is 32.6 Å². The van der Waals surface area contributed by atoms with Gasteiger partial charge in [-0.1, -0.05) is 13.8 Å². The molecule has 0 aromatic rings. The summed E-state index contributed by atoms with van der Waals surface area (Å²) in [5.74, 6) is 0.257. The molecule has 5 nitrogen and oxygen atoms in total. The zero-order chi connectivity index (χ0) is 15.5. The van der Waals surface area contributed by atoms with Crippen LogP contribution in [0.1, 0.15) is 52.9 Å². The van der Waals surface area contributed by atoms with E-state index in [1.165, 1.54) is 0 Å². The van der Waals surface area contributed by atoms with Crippen molar-refractivity contribution in [3.63, 3.8) is 0 Å². The fraction of sp³-hybridized carbons (Fsp3) is 0.938. The lowest BCUT2D eigenvalue weighted by Crippen LogP contribution is -2.61. The molecule has 1 atom stereocenters. The fourth-order valence-electron chi connectivity index (χ4n) is 2.99. The van der Waals surface area contributed by atoms with E-state index in [-0.39, 0.29) is 11.9 Å². The van der Waals surface area contributed by atoms with Crippen LogP contribution >= 0.6 is 0 Å². The second-order valence-corrected chi connectivity index (χ2v) is 7.22. The Morgan fingerprint density at radius 3 is 2.52 bits per heavy atom. The van der Waals surface area contributed by atoms with E-state index in [1.807, 2.05) is 4.90 Å². The lowest BCUT2D eigenvalue weighted by molar-refractivity contribution is -0.136. The van der Waals surface area contributed by atoms with E-state index in [0.717, 1.165) is 38.8 Å². The Bertz CT molecular complexity index is 349. The first-order chi connectivity index (χ1) is 9.88. The average molecular weight is 297 g/mol. The maximum absolute atomic E-state index is 12.1. The molecule has 21 heavy (non-hydrogen) atoms. The smallest absolute Gasteiger partial charge is 0.222 e. The van der Waals surface area contributed by atoms with Crippen molar-refractivity contribution in [1.82, 2.24) is 15.5 Å². The Kier molecular flexibility index (Phi) is 5.63. The van der Waals surface area contributed by atoms with E-state index in [0.29, 0.717) is 25.0 Å². The van der Waals surface area contributed by atoms with Crippen LogP contribution in [-0.4, -0.2) is 59.3 Å². The van der Waals surface area contributed by atoms with Crippen LogP contribution in [0, 0.1) is 0 Å². The van der Waals surface area contributed by atoms with Gasteiger partial charge < -0.3 is 20.6 Å². The van der Waals surface area contributed by atoms with Crippen LogP contribution in [0.2, 0.25) is 0 Å². The summed E-state index contributed by atoms with van der Waals surface area (Å²) in [6, 6.07) is 1.23. The number of hydrogen-bond donors (Lipinski definition) is 3. The Balaban J connectivity index is 1.55. The minimum atomic E-state index is -0.481. The lowest BCUT2D eigenvalue weighted by Gasteiger charge is -2.41. The molecule has 1 saturated heterocycles. The number of rotatable bonds is 8. The van der Waals surface area contributed by atoms with Gasteiger partial charge in [-0.15, -0.1) is 0 Å². The second kappa shape index (κ2) is 7.07. The molecular weight excluding hydrogens is 266 g/mol. The number of carbonyl (C=O) groups excluding carboxylic acids is 1. The Hall–Kier alpha value is -0.650. The third-order valence-electron chi connectivity index (χ3n) is 4.66. The van der Waals surface area contributed by atoms with E-state index in [1.54, 1.807) is 0 Å². The molecule has 0 spiro atoms. The molecule has 2 aliphatic rings. The van der Waals surface area contributed by atoms with Crippen molar-refractivity contribution in [2.75, 3.05) is 19.6 Å². The van der Waals surface area contributed by atoms with Crippen molar-refractivity contribution >= 4 is 5.91 Å². The summed E-state index contributed by atoms with van der Waals surface area (Å²) in [7, 11) is 0. The minimum Gasteiger partial charge on any atom is -0.389 e. The van der Waals surface area contributed by atoms with Crippen LogP contribution in [0.15, 0.2) is 0 Å². The maximum atomic E-state index is 12.1. The SMILES string of the molecule is CC(C)NC1CN(C(=O)CCC(C)NCC2(O)CCC2)C1. The maximum Gasteiger partial charge on any atom is 0.222 e. The van der Waals surface area contributed by atoms with Crippen molar-refractivity contribution in [2.45, 2.75) is 76.6 Å². The molecule has 1 heterocycles. The van der Waals surface area contributed by atoms with Crippen LogP contribution in [0.3, 0.4) is 0 Å². The van der Waals surface area contributed by atoms with Crippen molar-refractivity contribution in [3.8, 4) is 0 Å². The van der Waals surface area contributed by atoms with Gasteiger partial charge in [-0.25, -0.2) is 0 Å². The van der Waals surface area contributed by atoms with Gasteiger partial charge >= 0.3 is 0 Å². The quantitative estimate of drug-likeness (QED) is 0.622. The van der Waals surface area contributed by atoms with E-state index in [2.05, 4.69) is 31.4 Å². The van der Waals surface area contributed by atoms with Crippen molar-refractivity contribution in [2.24, 2.45) is 0 Å². The zero-order valence-corrected chi connectivity index (χ0v) is 13.7. The molecule has 0 aromatic heterocycles. The third-order valence-corrected chi connectivity index (χ3v) is 4.66. The van der Waals surface area contributed by atoms with Gasteiger partial charge in [0, 0.05) is 44.2 Å². The highest BCUT2D eigenvalue weighted by Crippen LogP contribution is 2.30. The highest BCUT2D eigenvalue weighted by atomic mass is 16.3. The standard InChI is InChI=1S/C16H31N3O2/c1-12(2)18-14-9-19(10-14)15(20)6-5-13(3)17-11-16(21)7-4-8-16/h12-14,17-18,21H,4-11H2,1-3H3. The van der Waals surface area contributed by atoms with Gasteiger partial charge in [0.15, 0.2) is 0 Å². The molecule has 1 unspecified atom stereocenters. The topological polar surface area (TPSA) is 64.6 Å².